The standard InChI is InChI=1S/C71H50N6/c1-77-69(59-41-39-57-61(47-24-10-3-11-25-47)45-63(49-28-14-5-15-29-49)73-66(57)68(59)76-71(77)51-32-18-7-19-33-51)55-37-21-35-53(43-55)52-34-20-36-54(42-52)64-58-40-38-56-60(46-22-8-2-9-23-46)44-62(48-26-12-4-13-27-48)72-65(56)67(58)75-70(74-64)50-30-16-6-17-31-50/h2-45,69,71,76H,1H3. The zero-order valence-electron chi connectivity index (χ0n) is 42.3. The summed E-state index contributed by atoms with van der Waals surface area (Å²) in [6, 6.07) is 94.4. The second-order valence-electron chi connectivity index (χ2n) is 19.9. The van der Waals surface area contributed by atoms with Gasteiger partial charge in [0.1, 0.15) is 11.7 Å². The van der Waals surface area contributed by atoms with Crippen LogP contribution < -0.4 is 5.32 Å². The number of fused-ring (bicyclic) bond motifs is 6. The molecule has 0 fully saturated rings. The normalized spacial score (nSPS) is 14.4. The Labute approximate surface area is 447 Å². The summed E-state index contributed by atoms with van der Waals surface area (Å²) in [5.74, 6) is 0.649. The van der Waals surface area contributed by atoms with Crippen molar-refractivity contribution < 1.29 is 0 Å². The second kappa shape index (κ2) is 19.4. The zero-order valence-corrected chi connectivity index (χ0v) is 42.3. The van der Waals surface area contributed by atoms with Gasteiger partial charge in [0.2, 0.25) is 0 Å². The molecule has 0 aliphatic carbocycles. The van der Waals surface area contributed by atoms with Crippen molar-refractivity contribution >= 4 is 38.4 Å². The Bertz CT molecular complexity index is 4310. The SMILES string of the molecule is CN1C(c2ccccc2)Nc2c(ccc3c(-c4ccccc4)cc(-c4ccccc4)nc23)C1c1cccc(-c2cccc(-c3nc(-c4ccccc4)nc4c3ccc3c(-c5ccccc5)cc(-c5ccccc5)nc34)c2)c1. The van der Waals surface area contributed by atoms with Crippen LogP contribution in [0.1, 0.15) is 28.9 Å². The number of nitrogens with one attached hydrogen (secondary N) is 1. The molecule has 0 spiro atoms. The largest absolute Gasteiger partial charge is 0.364 e. The van der Waals surface area contributed by atoms with Gasteiger partial charge in [-0.2, -0.15) is 0 Å². The topological polar surface area (TPSA) is 66.8 Å². The Hall–Kier alpha value is -9.88. The van der Waals surface area contributed by atoms with Gasteiger partial charge in [-0.15, -0.1) is 0 Å². The Morgan fingerprint density at radius 2 is 0.779 bits per heavy atom. The first-order valence-electron chi connectivity index (χ1n) is 26.2. The van der Waals surface area contributed by atoms with Crippen LogP contribution in [0.25, 0.3) is 111 Å². The molecule has 13 aromatic rings. The fourth-order valence-electron chi connectivity index (χ4n) is 11.4. The summed E-state index contributed by atoms with van der Waals surface area (Å²) in [6.45, 7) is 0. The predicted molar refractivity (Wildman–Crippen MR) is 317 cm³/mol. The second-order valence-corrected chi connectivity index (χ2v) is 19.9. The van der Waals surface area contributed by atoms with Crippen molar-refractivity contribution in [3.63, 3.8) is 0 Å². The Balaban J connectivity index is 0.930. The van der Waals surface area contributed by atoms with Crippen LogP contribution in [0.4, 0.5) is 5.69 Å². The van der Waals surface area contributed by atoms with Crippen LogP contribution in [-0.2, 0) is 0 Å². The number of anilines is 1. The third-order valence-electron chi connectivity index (χ3n) is 15.2. The molecular formula is C71H50N6. The molecule has 0 bridgehead atoms. The van der Waals surface area contributed by atoms with Crippen molar-refractivity contribution in [1.82, 2.24) is 24.8 Å². The fraction of sp³-hybridized carbons (Fsp3) is 0.0423. The van der Waals surface area contributed by atoms with Crippen molar-refractivity contribution in [2.75, 3.05) is 12.4 Å². The molecule has 6 heteroatoms. The average Bonchev–Trinajstić information content (AvgIpc) is 3.60. The van der Waals surface area contributed by atoms with E-state index in [0.717, 1.165) is 111 Å². The molecular weight excluding hydrogens is 937 g/mol. The van der Waals surface area contributed by atoms with Crippen molar-refractivity contribution in [3.05, 3.63) is 284 Å². The van der Waals surface area contributed by atoms with E-state index >= 15 is 0 Å². The predicted octanol–water partition coefficient (Wildman–Crippen LogP) is 17.5. The van der Waals surface area contributed by atoms with E-state index in [9.17, 15) is 0 Å². The van der Waals surface area contributed by atoms with E-state index in [1.54, 1.807) is 0 Å². The minimum atomic E-state index is -0.142. The van der Waals surface area contributed by atoms with E-state index in [-0.39, 0.29) is 12.2 Å². The van der Waals surface area contributed by atoms with E-state index in [2.05, 4.69) is 260 Å². The lowest BCUT2D eigenvalue weighted by Crippen LogP contribution is -2.39. The summed E-state index contributed by atoms with van der Waals surface area (Å²) >= 11 is 0. The average molecular weight is 987 g/mol. The molecule has 0 saturated heterocycles. The highest BCUT2D eigenvalue weighted by Gasteiger charge is 2.35. The Morgan fingerprint density at radius 1 is 0.338 bits per heavy atom. The number of nitrogens with zero attached hydrogens (tertiary/aromatic N) is 5. The summed E-state index contributed by atoms with van der Waals surface area (Å²) in [6.07, 6.45) is -0.142. The summed E-state index contributed by atoms with van der Waals surface area (Å²) in [4.78, 5) is 24.3. The summed E-state index contributed by atoms with van der Waals surface area (Å²) in [7, 11) is 2.23. The van der Waals surface area contributed by atoms with Crippen LogP contribution in [-0.4, -0.2) is 31.9 Å². The third kappa shape index (κ3) is 8.38. The lowest BCUT2D eigenvalue weighted by molar-refractivity contribution is 0.210. The summed E-state index contributed by atoms with van der Waals surface area (Å²) < 4.78 is 0. The van der Waals surface area contributed by atoms with Gasteiger partial charge in [0.05, 0.1) is 39.8 Å². The molecule has 0 amide bonds. The minimum Gasteiger partial charge on any atom is -0.364 e. The molecule has 0 radical (unpaired) electrons. The highest BCUT2D eigenvalue weighted by molar-refractivity contribution is 6.13. The van der Waals surface area contributed by atoms with Gasteiger partial charge in [-0.25, -0.2) is 19.9 Å². The number of hydrogen-bond acceptors (Lipinski definition) is 6. The van der Waals surface area contributed by atoms with Gasteiger partial charge in [-0.05, 0) is 87.5 Å². The van der Waals surface area contributed by atoms with E-state index in [0.29, 0.717) is 5.82 Å². The van der Waals surface area contributed by atoms with Crippen molar-refractivity contribution in [2.45, 2.75) is 12.2 Å². The molecule has 4 heterocycles. The first-order chi connectivity index (χ1) is 38.1. The van der Waals surface area contributed by atoms with E-state index < -0.39 is 0 Å². The van der Waals surface area contributed by atoms with E-state index in [1.807, 2.05) is 24.3 Å². The monoisotopic (exact) mass is 986 g/mol. The lowest BCUT2D eigenvalue weighted by atomic mass is 9.87. The first-order valence-corrected chi connectivity index (χ1v) is 26.2. The minimum absolute atomic E-state index is 0.118. The Kier molecular flexibility index (Phi) is 11.5. The smallest absolute Gasteiger partial charge is 0.160 e. The molecule has 10 aromatic carbocycles. The fourth-order valence-corrected chi connectivity index (χ4v) is 11.4. The molecule has 2 atom stereocenters. The maximum atomic E-state index is 5.53. The maximum absolute atomic E-state index is 5.53. The number of rotatable bonds is 9. The quantitative estimate of drug-likeness (QED) is 0.145. The van der Waals surface area contributed by atoms with Crippen molar-refractivity contribution in [1.29, 1.82) is 0 Å². The van der Waals surface area contributed by atoms with Gasteiger partial charge >= 0.3 is 0 Å². The van der Waals surface area contributed by atoms with Crippen LogP contribution in [0.15, 0.2) is 267 Å². The lowest BCUT2D eigenvalue weighted by Gasteiger charge is -2.43. The van der Waals surface area contributed by atoms with E-state index in [4.69, 9.17) is 19.9 Å². The van der Waals surface area contributed by atoms with Gasteiger partial charge in [0.15, 0.2) is 5.82 Å². The van der Waals surface area contributed by atoms with Gasteiger partial charge in [-0.3, -0.25) is 4.90 Å². The van der Waals surface area contributed by atoms with Gasteiger partial charge in [-0.1, -0.05) is 237 Å². The summed E-state index contributed by atoms with van der Waals surface area (Å²) in [5.41, 5.74) is 20.6. The molecule has 77 heavy (non-hydrogen) atoms. The van der Waals surface area contributed by atoms with Crippen LogP contribution in [0.5, 0.6) is 0 Å². The molecule has 1 N–H and O–H groups in total. The van der Waals surface area contributed by atoms with Crippen LogP contribution in [0.3, 0.4) is 0 Å². The molecule has 2 unspecified atom stereocenters. The molecule has 1 aliphatic heterocycles. The number of hydrogen-bond donors (Lipinski definition) is 1. The molecule has 0 saturated carbocycles. The van der Waals surface area contributed by atoms with Crippen LogP contribution in [0, 0.1) is 0 Å². The summed E-state index contributed by atoms with van der Waals surface area (Å²) in [5, 5.41) is 7.12. The first kappa shape index (κ1) is 45.7. The molecule has 364 valence electrons. The number of pyridine rings is 2. The van der Waals surface area contributed by atoms with Gasteiger partial charge in [0.25, 0.3) is 0 Å². The van der Waals surface area contributed by atoms with Gasteiger partial charge < -0.3 is 5.32 Å². The molecule has 1 aliphatic rings. The Morgan fingerprint density at radius 3 is 1.39 bits per heavy atom. The van der Waals surface area contributed by atoms with Crippen molar-refractivity contribution in [2.24, 2.45) is 0 Å². The van der Waals surface area contributed by atoms with Crippen molar-refractivity contribution in [3.8, 4) is 78.5 Å². The highest BCUT2D eigenvalue weighted by Crippen LogP contribution is 2.48. The third-order valence-corrected chi connectivity index (χ3v) is 15.2. The maximum Gasteiger partial charge on any atom is 0.160 e. The van der Waals surface area contributed by atoms with Crippen LogP contribution in [0.2, 0.25) is 0 Å². The molecule has 6 nitrogen and oxygen atoms in total. The van der Waals surface area contributed by atoms with Gasteiger partial charge in [0, 0.05) is 38.4 Å². The molecule has 14 rings (SSSR count). The number of benzene rings is 10. The number of aromatic nitrogens is 4. The zero-order chi connectivity index (χ0) is 51.2. The molecule has 3 aromatic heterocycles. The van der Waals surface area contributed by atoms with Crippen LogP contribution >= 0.6 is 0 Å². The van der Waals surface area contributed by atoms with E-state index in [1.165, 1.54) is 16.7 Å². The highest BCUT2D eigenvalue weighted by atomic mass is 15.3.